The minimum Gasteiger partial charge on any atom is -0.423 e. The fraction of sp³-hybridized carbons (Fsp3) is 0.538. The lowest BCUT2D eigenvalue weighted by atomic mass is 9.65. The predicted molar refractivity (Wildman–Crippen MR) is 134 cm³/mol. The molecule has 2 N–H and O–H groups in total. The van der Waals surface area contributed by atoms with Gasteiger partial charge in [0.1, 0.15) is 0 Å². The van der Waals surface area contributed by atoms with Crippen LogP contribution in [0.3, 0.4) is 0 Å². The maximum Gasteiger partial charge on any atom is 0.488 e. The van der Waals surface area contributed by atoms with Crippen molar-refractivity contribution in [2.24, 2.45) is 11.8 Å². The van der Waals surface area contributed by atoms with Gasteiger partial charge in [-0.05, 0) is 52.4 Å². The van der Waals surface area contributed by atoms with Gasteiger partial charge < -0.3 is 10.0 Å². The van der Waals surface area contributed by atoms with Gasteiger partial charge in [-0.2, -0.15) is 0 Å². The summed E-state index contributed by atoms with van der Waals surface area (Å²) < 4.78 is 0. The number of benzene rings is 2. The van der Waals surface area contributed by atoms with E-state index in [-0.39, 0.29) is 5.41 Å². The number of hydrogen-bond donors (Lipinski definition) is 2. The Morgan fingerprint density at radius 2 is 1.33 bits per heavy atom. The summed E-state index contributed by atoms with van der Waals surface area (Å²) in [6.45, 7) is 16.5. The molecule has 0 amide bonds. The second-order valence-electron chi connectivity index (χ2n) is 10.7. The summed E-state index contributed by atoms with van der Waals surface area (Å²) >= 11 is 0. The average molecular weight is 422 g/mol. The van der Waals surface area contributed by atoms with E-state index in [1.165, 1.54) is 27.4 Å². The highest BCUT2D eigenvalue weighted by molar-refractivity contribution is 6.88. The summed E-state index contributed by atoms with van der Waals surface area (Å²) in [5.74, 6) is 1.21. The molecule has 0 saturated carbocycles. The second kappa shape index (κ2) is 8.64. The molecule has 0 aromatic heterocycles. The third-order valence-electron chi connectivity index (χ3n) is 7.34. The highest BCUT2D eigenvalue weighted by atomic mass is 28.3. The molecular weight excluding hydrogens is 383 g/mol. The Balaban J connectivity index is 2.33. The molecule has 162 valence electrons. The van der Waals surface area contributed by atoms with E-state index < -0.39 is 15.2 Å². The van der Waals surface area contributed by atoms with Crippen LogP contribution >= 0.6 is 0 Å². The highest BCUT2D eigenvalue weighted by Crippen LogP contribution is 2.55. The van der Waals surface area contributed by atoms with E-state index in [0.717, 1.165) is 25.7 Å². The minimum absolute atomic E-state index is 0.0594. The maximum absolute atomic E-state index is 9.91. The average Bonchev–Trinajstić information content (AvgIpc) is 2.96. The van der Waals surface area contributed by atoms with Crippen molar-refractivity contribution in [3.05, 3.63) is 47.5 Å². The molecule has 1 aliphatic rings. The van der Waals surface area contributed by atoms with Gasteiger partial charge in [0.15, 0.2) is 0 Å². The molecule has 2 aromatic rings. The third-order valence-corrected chi connectivity index (χ3v) is 9.38. The molecule has 0 bridgehead atoms. The Labute approximate surface area is 184 Å². The first-order valence-electron chi connectivity index (χ1n) is 11.7. The molecule has 0 fully saturated rings. The molecule has 0 spiro atoms. The molecule has 4 heteroatoms. The monoisotopic (exact) mass is 422 g/mol. The van der Waals surface area contributed by atoms with Crippen LogP contribution in [0.25, 0.3) is 11.1 Å². The molecule has 2 atom stereocenters. The van der Waals surface area contributed by atoms with Crippen LogP contribution < -0.4 is 10.6 Å². The van der Waals surface area contributed by atoms with Gasteiger partial charge in [0.05, 0.1) is 8.07 Å². The van der Waals surface area contributed by atoms with Crippen LogP contribution in [0.5, 0.6) is 0 Å². The molecular formula is C26H39BO2Si. The van der Waals surface area contributed by atoms with Crippen molar-refractivity contribution in [1.82, 2.24) is 0 Å². The molecule has 30 heavy (non-hydrogen) atoms. The predicted octanol–water partition coefficient (Wildman–Crippen LogP) is 5.05. The van der Waals surface area contributed by atoms with Crippen LogP contribution in [-0.4, -0.2) is 25.2 Å². The first-order chi connectivity index (χ1) is 14.0. The lowest BCUT2D eigenvalue weighted by Crippen LogP contribution is -2.39. The Morgan fingerprint density at radius 3 is 1.80 bits per heavy atom. The SMILES string of the molecule is CC[C@H](C)CC1(C[C@@H](C)CC)c2cc(B(O)O)ccc2-c2ccc([Si](C)(C)C)cc21. The lowest BCUT2D eigenvalue weighted by molar-refractivity contribution is 0.308. The number of hydrogen-bond acceptors (Lipinski definition) is 2. The summed E-state index contributed by atoms with van der Waals surface area (Å²) in [5, 5.41) is 21.3. The fourth-order valence-electron chi connectivity index (χ4n) is 5.14. The van der Waals surface area contributed by atoms with Gasteiger partial charge in [-0.25, -0.2) is 0 Å². The standard InChI is InChI=1S/C26H39BO2Si/c1-8-18(3)16-26(17-19(4)9-2)24-14-20(27(28)29)10-12-22(24)23-13-11-21(15-25(23)26)30(5,6)7/h10-15,18-19,28-29H,8-9,16-17H2,1-7H3/t18-,19-/m0/s1. The normalized spacial score (nSPS) is 16.7. The van der Waals surface area contributed by atoms with Crippen LogP contribution in [0.4, 0.5) is 0 Å². The number of fused-ring (bicyclic) bond motifs is 3. The Kier molecular flexibility index (Phi) is 6.72. The van der Waals surface area contributed by atoms with Crippen molar-refractivity contribution in [2.75, 3.05) is 0 Å². The fourth-order valence-corrected chi connectivity index (χ4v) is 6.30. The topological polar surface area (TPSA) is 40.5 Å². The molecule has 2 aromatic carbocycles. The van der Waals surface area contributed by atoms with Gasteiger partial charge in [-0.15, -0.1) is 0 Å². The first-order valence-corrected chi connectivity index (χ1v) is 15.2. The van der Waals surface area contributed by atoms with Crippen LogP contribution in [-0.2, 0) is 5.41 Å². The van der Waals surface area contributed by atoms with Crippen LogP contribution in [0.2, 0.25) is 19.6 Å². The van der Waals surface area contributed by atoms with Crippen molar-refractivity contribution >= 4 is 25.8 Å². The molecule has 0 radical (unpaired) electrons. The lowest BCUT2D eigenvalue weighted by Gasteiger charge is -2.37. The Morgan fingerprint density at radius 1 is 0.833 bits per heavy atom. The molecule has 2 nitrogen and oxygen atoms in total. The van der Waals surface area contributed by atoms with Crippen molar-refractivity contribution in [2.45, 2.75) is 78.4 Å². The Hall–Kier alpha value is -1.36. The quantitative estimate of drug-likeness (QED) is 0.585. The zero-order chi connectivity index (χ0) is 22.3. The highest BCUT2D eigenvalue weighted by Gasteiger charge is 2.45. The molecule has 0 aliphatic heterocycles. The summed E-state index contributed by atoms with van der Waals surface area (Å²) in [7, 11) is -2.88. The first kappa shape index (κ1) is 23.3. The van der Waals surface area contributed by atoms with Gasteiger partial charge in [0.2, 0.25) is 0 Å². The van der Waals surface area contributed by atoms with Crippen molar-refractivity contribution in [3.63, 3.8) is 0 Å². The zero-order valence-corrected chi connectivity index (χ0v) is 20.9. The molecule has 1 aliphatic carbocycles. The van der Waals surface area contributed by atoms with Gasteiger partial charge in [0.25, 0.3) is 0 Å². The van der Waals surface area contributed by atoms with E-state index >= 15 is 0 Å². The second-order valence-corrected chi connectivity index (χ2v) is 15.8. The summed E-state index contributed by atoms with van der Waals surface area (Å²) in [5.41, 5.74) is 5.94. The van der Waals surface area contributed by atoms with Crippen molar-refractivity contribution < 1.29 is 10.0 Å². The van der Waals surface area contributed by atoms with Crippen molar-refractivity contribution in [1.29, 1.82) is 0 Å². The van der Waals surface area contributed by atoms with Crippen molar-refractivity contribution in [3.8, 4) is 11.1 Å². The van der Waals surface area contributed by atoms with E-state index in [1.54, 1.807) is 0 Å². The van der Waals surface area contributed by atoms with E-state index in [1.807, 2.05) is 6.07 Å². The van der Waals surface area contributed by atoms with Crippen LogP contribution in [0.15, 0.2) is 36.4 Å². The third kappa shape index (κ3) is 4.19. The minimum atomic E-state index is -1.45. The van der Waals surface area contributed by atoms with E-state index in [4.69, 9.17) is 0 Å². The zero-order valence-electron chi connectivity index (χ0n) is 19.9. The van der Waals surface area contributed by atoms with Gasteiger partial charge in [0, 0.05) is 5.41 Å². The Bertz CT molecular complexity index is 888. The number of rotatable bonds is 8. The van der Waals surface area contributed by atoms with E-state index in [2.05, 4.69) is 77.7 Å². The van der Waals surface area contributed by atoms with E-state index in [9.17, 15) is 10.0 Å². The summed E-state index contributed by atoms with van der Waals surface area (Å²) in [6, 6.07) is 13.3. The molecule has 0 heterocycles. The van der Waals surface area contributed by atoms with Gasteiger partial charge in [-0.3, -0.25) is 0 Å². The smallest absolute Gasteiger partial charge is 0.423 e. The maximum atomic E-state index is 9.91. The summed E-state index contributed by atoms with van der Waals surface area (Å²) in [4.78, 5) is 0. The van der Waals surface area contributed by atoms with Crippen LogP contribution in [0.1, 0.15) is 64.5 Å². The molecule has 3 rings (SSSR count). The largest absolute Gasteiger partial charge is 0.488 e. The molecule has 0 unspecified atom stereocenters. The van der Waals surface area contributed by atoms with Gasteiger partial charge in [-0.1, -0.05) is 102 Å². The van der Waals surface area contributed by atoms with E-state index in [0.29, 0.717) is 17.3 Å². The molecule has 0 saturated heterocycles. The van der Waals surface area contributed by atoms with Gasteiger partial charge >= 0.3 is 7.12 Å². The van der Waals surface area contributed by atoms with Crippen LogP contribution in [0, 0.1) is 11.8 Å². The summed E-state index contributed by atoms with van der Waals surface area (Å²) in [6.07, 6.45) is 4.52.